The van der Waals surface area contributed by atoms with Gasteiger partial charge in [-0.05, 0) is 44.9 Å². The molecule has 2 heterocycles. The minimum absolute atomic E-state index is 0.217. The van der Waals surface area contributed by atoms with Crippen LogP contribution in [0, 0.1) is 0 Å². The summed E-state index contributed by atoms with van der Waals surface area (Å²) in [7, 11) is 0. The summed E-state index contributed by atoms with van der Waals surface area (Å²) in [5.74, 6) is -0.217. The molecule has 2 fully saturated rings. The van der Waals surface area contributed by atoms with Gasteiger partial charge < -0.3 is 65.1 Å². The maximum atomic E-state index is 13.3. The number of carbonyl (C=O) groups is 1. The predicted molar refractivity (Wildman–Crippen MR) is 318 cm³/mol. The van der Waals surface area contributed by atoms with Gasteiger partial charge in [-0.15, -0.1) is 0 Å². The number of nitrogens with one attached hydrogen (secondary N) is 1. The van der Waals surface area contributed by atoms with Crippen molar-refractivity contribution in [3.8, 4) is 0 Å². The third-order valence-electron chi connectivity index (χ3n) is 16.4. The topological polar surface area (TPSA) is 228 Å². The van der Waals surface area contributed by atoms with Gasteiger partial charge >= 0.3 is 0 Å². The molecule has 9 N–H and O–H groups in total. The molecule has 1 amide bonds. The molecule has 2 rings (SSSR count). The Bertz CT molecular complexity index is 1420. The molecule has 0 aliphatic carbocycles. The highest BCUT2D eigenvalue weighted by atomic mass is 16.7. The van der Waals surface area contributed by atoms with Gasteiger partial charge in [-0.2, -0.15) is 0 Å². The summed E-state index contributed by atoms with van der Waals surface area (Å²) in [5.41, 5.74) is 0. The van der Waals surface area contributed by atoms with Crippen LogP contribution in [0.15, 0.2) is 24.3 Å². The third-order valence-corrected chi connectivity index (χ3v) is 16.4. The first-order valence-corrected chi connectivity index (χ1v) is 33.1. The van der Waals surface area contributed by atoms with E-state index in [9.17, 15) is 45.6 Å². The summed E-state index contributed by atoms with van der Waals surface area (Å²) in [6.45, 7) is 2.87. The molecular formula is C65H123NO13. The molecule has 0 aromatic heterocycles. The number of allylic oxidation sites excluding steroid dienone is 4. The van der Waals surface area contributed by atoms with Crippen LogP contribution in [0.2, 0.25) is 0 Å². The minimum Gasteiger partial charge on any atom is -0.394 e. The number of rotatable bonds is 54. The van der Waals surface area contributed by atoms with Crippen molar-refractivity contribution in [3.63, 3.8) is 0 Å². The van der Waals surface area contributed by atoms with Crippen molar-refractivity contribution in [2.75, 3.05) is 19.8 Å². The van der Waals surface area contributed by atoms with Crippen LogP contribution in [0.5, 0.6) is 0 Å². The molecule has 0 aromatic carbocycles. The number of amides is 1. The summed E-state index contributed by atoms with van der Waals surface area (Å²) < 4.78 is 22.9. The van der Waals surface area contributed by atoms with Crippen LogP contribution in [0.1, 0.15) is 290 Å². The van der Waals surface area contributed by atoms with Crippen molar-refractivity contribution in [1.82, 2.24) is 5.32 Å². The van der Waals surface area contributed by atoms with Crippen molar-refractivity contribution in [2.45, 2.75) is 364 Å². The Hall–Kier alpha value is -1.53. The van der Waals surface area contributed by atoms with E-state index in [2.05, 4.69) is 43.5 Å². The van der Waals surface area contributed by atoms with Crippen LogP contribution in [0.3, 0.4) is 0 Å². The lowest BCUT2D eigenvalue weighted by molar-refractivity contribution is -0.359. The molecule has 12 unspecified atom stereocenters. The fraction of sp³-hybridized carbons (Fsp3) is 0.923. The quantitative estimate of drug-likeness (QED) is 0.0204. The van der Waals surface area contributed by atoms with Crippen LogP contribution in [0.25, 0.3) is 0 Å². The van der Waals surface area contributed by atoms with E-state index >= 15 is 0 Å². The highest BCUT2D eigenvalue weighted by Gasteiger charge is 2.51. The van der Waals surface area contributed by atoms with Crippen molar-refractivity contribution in [2.24, 2.45) is 0 Å². The third kappa shape index (κ3) is 36.0. The van der Waals surface area contributed by atoms with Gasteiger partial charge in [0.05, 0.1) is 32.0 Å². The van der Waals surface area contributed by atoms with Gasteiger partial charge in [-0.3, -0.25) is 4.79 Å². The van der Waals surface area contributed by atoms with Crippen LogP contribution in [-0.2, 0) is 23.7 Å². The monoisotopic (exact) mass is 1130 g/mol. The first-order chi connectivity index (χ1) is 38.6. The van der Waals surface area contributed by atoms with E-state index in [1.165, 1.54) is 186 Å². The van der Waals surface area contributed by atoms with Gasteiger partial charge in [0.25, 0.3) is 0 Å². The van der Waals surface area contributed by atoms with Crippen molar-refractivity contribution < 1.29 is 64.6 Å². The smallest absolute Gasteiger partial charge is 0.220 e. The molecule has 0 aromatic rings. The van der Waals surface area contributed by atoms with Crippen LogP contribution < -0.4 is 5.32 Å². The van der Waals surface area contributed by atoms with E-state index in [-0.39, 0.29) is 12.5 Å². The zero-order valence-electron chi connectivity index (χ0n) is 50.4. The van der Waals surface area contributed by atoms with Gasteiger partial charge in [0, 0.05) is 6.42 Å². The lowest BCUT2D eigenvalue weighted by Crippen LogP contribution is -2.65. The van der Waals surface area contributed by atoms with E-state index in [0.29, 0.717) is 19.3 Å². The molecule has 0 radical (unpaired) electrons. The van der Waals surface area contributed by atoms with Crippen molar-refractivity contribution in [3.05, 3.63) is 24.3 Å². The first kappa shape index (κ1) is 73.6. The van der Waals surface area contributed by atoms with Gasteiger partial charge in [-0.25, -0.2) is 0 Å². The Labute approximate surface area is 481 Å². The van der Waals surface area contributed by atoms with Crippen LogP contribution >= 0.6 is 0 Å². The predicted octanol–water partition coefficient (Wildman–Crippen LogP) is 12.4. The summed E-state index contributed by atoms with van der Waals surface area (Å²) in [6.07, 6.45) is 44.8. The van der Waals surface area contributed by atoms with Gasteiger partial charge in [0.2, 0.25) is 5.91 Å². The Morgan fingerprint density at radius 3 is 1.28 bits per heavy atom. The Kier molecular flexibility index (Phi) is 47.4. The molecule has 0 spiro atoms. The SMILES string of the molecule is CCCCCC/C=C\C/C=C\CCCCCCCC(=O)NC(COC1OC(CO)C(OC2OC(CO)C(O)C(O)C2O)C(O)C1O)C(O)CCCCCCCCCCCCCCCCCCCCCCCCCCCCCCC. The standard InChI is InChI=1S/C65H123NO13/c1-3-5-7-9-11-13-15-17-19-21-22-23-24-25-26-27-28-29-30-31-32-33-34-36-38-40-42-44-46-48-54(69)53(66-57(70)49-47-45-43-41-39-37-35-20-18-16-14-12-10-8-6-4-2)52-76-64-62(75)60(73)63(56(51-68)78-64)79-65-61(74)59(72)58(71)55(50-67)77-65/h14,16,20,35,53-56,58-65,67-69,71-75H,3-13,15,17-19,21-34,36-52H2,1-2H3,(H,66,70)/b16-14-,35-20-. The molecule has 0 bridgehead atoms. The van der Waals surface area contributed by atoms with Crippen LogP contribution in [-0.4, -0.2) is 140 Å². The molecular weight excluding hydrogens is 1000 g/mol. The fourth-order valence-corrected chi connectivity index (χ4v) is 11.1. The second-order valence-electron chi connectivity index (χ2n) is 23.6. The average molecular weight is 1130 g/mol. The zero-order chi connectivity index (χ0) is 57.4. The highest BCUT2D eigenvalue weighted by molar-refractivity contribution is 5.76. The Balaban J connectivity index is 1.67. The minimum atomic E-state index is -1.78. The molecule has 2 saturated heterocycles. The Morgan fingerprint density at radius 1 is 0.456 bits per heavy atom. The molecule has 12 atom stereocenters. The molecule has 466 valence electrons. The second-order valence-corrected chi connectivity index (χ2v) is 23.6. The van der Waals surface area contributed by atoms with Crippen molar-refractivity contribution >= 4 is 5.91 Å². The molecule has 2 aliphatic rings. The Morgan fingerprint density at radius 2 is 0.835 bits per heavy atom. The normalized spacial score (nSPS) is 24.5. The number of aliphatic hydroxyl groups excluding tert-OH is 8. The number of carbonyl (C=O) groups excluding carboxylic acids is 1. The summed E-state index contributed by atoms with van der Waals surface area (Å²) in [5, 5.41) is 87.4. The fourth-order valence-electron chi connectivity index (χ4n) is 11.1. The van der Waals surface area contributed by atoms with E-state index < -0.39 is 86.8 Å². The average Bonchev–Trinajstić information content (AvgIpc) is 3.48. The van der Waals surface area contributed by atoms with E-state index in [4.69, 9.17) is 18.9 Å². The molecule has 14 nitrogen and oxygen atoms in total. The van der Waals surface area contributed by atoms with Crippen molar-refractivity contribution in [1.29, 1.82) is 0 Å². The first-order valence-electron chi connectivity index (χ1n) is 33.1. The van der Waals surface area contributed by atoms with Crippen LogP contribution in [0.4, 0.5) is 0 Å². The van der Waals surface area contributed by atoms with E-state index in [1.54, 1.807) is 0 Å². The summed E-state index contributed by atoms with van der Waals surface area (Å²) >= 11 is 0. The highest BCUT2D eigenvalue weighted by Crippen LogP contribution is 2.30. The number of hydrogen-bond donors (Lipinski definition) is 9. The largest absolute Gasteiger partial charge is 0.394 e. The number of hydrogen-bond acceptors (Lipinski definition) is 13. The summed E-state index contributed by atoms with van der Waals surface area (Å²) in [4.78, 5) is 13.3. The van der Waals surface area contributed by atoms with Gasteiger partial charge in [0.1, 0.15) is 48.8 Å². The number of unbranched alkanes of at least 4 members (excludes halogenated alkanes) is 37. The zero-order valence-corrected chi connectivity index (χ0v) is 50.4. The molecule has 2 aliphatic heterocycles. The lowest BCUT2D eigenvalue weighted by atomic mass is 9.97. The number of ether oxygens (including phenoxy) is 4. The van der Waals surface area contributed by atoms with Gasteiger partial charge in [0.15, 0.2) is 12.6 Å². The van der Waals surface area contributed by atoms with E-state index in [0.717, 1.165) is 70.6 Å². The second kappa shape index (κ2) is 50.9. The maximum absolute atomic E-state index is 13.3. The maximum Gasteiger partial charge on any atom is 0.220 e. The lowest BCUT2D eigenvalue weighted by Gasteiger charge is -2.46. The summed E-state index contributed by atoms with van der Waals surface area (Å²) in [6, 6.07) is -0.836. The molecule has 14 heteroatoms. The molecule has 0 saturated carbocycles. The number of aliphatic hydroxyl groups is 8. The molecule has 79 heavy (non-hydrogen) atoms. The van der Waals surface area contributed by atoms with Gasteiger partial charge in [-0.1, -0.05) is 263 Å². The van der Waals surface area contributed by atoms with E-state index in [1.807, 2.05) is 0 Å².